The molecule has 2 heterocycles. The summed E-state index contributed by atoms with van der Waals surface area (Å²) in [6.07, 6.45) is 1.96. The number of nitrogens with zero attached hydrogens (tertiary/aromatic N) is 3. The highest BCUT2D eigenvalue weighted by molar-refractivity contribution is 9.10. The van der Waals surface area contributed by atoms with Crippen molar-refractivity contribution in [3.8, 4) is 0 Å². The summed E-state index contributed by atoms with van der Waals surface area (Å²) in [4.78, 5) is 1.10. The third-order valence-electron chi connectivity index (χ3n) is 2.73. The topological polar surface area (TPSA) is 56.2 Å². The molecule has 0 saturated carbocycles. The molecule has 19 heavy (non-hydrogen) atoms. The van der Waals surface area contributed by atoms with E-state index in [4.69, 9.17) is 5.73 Å². The molecule has 0 fully saturated rings. The Morgan fingerprint density at radius 3 is 2.95 bits per heavy atom. The first-order valence-electron chi connectivity index (χ1n) is 5.74. The SMILES string of the molecule is NCc1cc(Br)ccc1Sc1nnc2ccccn12. The van der Waals surface area contributed by atoms with E-state index >= 15 is 0 Å². The van der Waals surface area contributed by atoms with Gasteiger partial charge in [-0.1, -0.05) is 22.0 Å². The highest BCUT2D eigenvalue weighted by Gasteiger charge is 2.09. The van der Waals surface area contributed by atoms with Gasteiger partial charge in [-0.25, -0.2) is 0 Å². The first-order valence-corrected chi connectivity index (χ1v) is 7.35. The Balaban J connectivity index is 2.01. The minimum atomic E-state index is 0.499. The number of pyridine rings is 1. The molecule has 2 aromatic heterocycles. The van der Waals surface area contributed by atoms with Gasteiger partial charge < -0.3 is 5.73 Å². The van der Waals surface area contributed by atoms with Crippen molar-refractivity contribution in [2.24, 2.45) is 5.73 Å². The van der Waals surface area contributed by atoms with E-state index in [2.05, 4.69) is 26.1 Å². The number of rotatable bonds is 3. The molecule has 0 atom stereocenters. The first kappa shape index (κ1) is 12.7. The van der Waals surface area contributed by atoms with E-state index in [-0.39, 0.29) is 0 Å². The quantitative estimate of drug-likeness (QED) is 0.799. The van der Waals surface area contributed by atoms with E-state index in [1.807, 2.05) is 47.0 Å². The Hall–Kier alpha value is -1.37. The van der Waals surface area contributed by atoms with Gasteiger partial charge in [-0.3, -0.25) is 4.40 Å². The second-order valence-corrected chi connectivity index (χ2v) is 5.89. The molecular formula is C13H11BrN4S. The van der Waals surface area contributed by atoms with Crippen LogP contribution in [-0.4, -0.2) is 14.6 Å². The molecule has 0 amide bonds. The van der Waals surface area contributed by atoms with Crippen LogP contribution in [0.5, 0.6) is 0 Å². The van der Waals surface area contributed by atoms with E-state index in [0.29, 0.717) is 6.54 Å². The fourth-order valence-corrected chi connectivity index (χ4v) is 3.14. The second kappa shape index (κ2) is 5.32. The predicted octanol–water partition coefficient (Wildman–Crippen LogP) is 3.10. The molecule has 1 aromatic carbocycles. The van der Waals surface area contributed by atoms with Crippen molar-refractivity contribution in [1.29, 1.82) is 0 Å². The zero-order chi connectivity index (χ0) is 13.2. The Kier molecular flexibility index (Phi) is 3.54. The van der Waals surface area contributed by atoms with Crippen LogP contribution in [0.3, 0.4) is 0 Å². The number of benzene rings is 1. The van der Waals surface area contributed by atoms with Crippen LogP contribution < -0.4 is 5.73 Å². The number of aromatic nitrogens is 3. The summed E-state index contributed by atoms with van der Waals surface area (Å²) < 4.78 is 3.00. The third kappa shape index (κ3) is 2.51. The highest BCUT2D eigenvalue weighted by Crippen LogP contribution is 2.31. The van der Waals surface area contributed by atoms with Crippen LogP contribution >= 0.6 is 27.7 Å². The van der Waals surface area contributed by atoms with Gasteiger partial charge in [-0.15, -0.1) is 10.2 Å². The molecule has 0 aliphatic carbocycles. The van der Waals surface area contributed by atoms with Crippen molar-refractivity contribution >= 4 is 33.3 Å². The van der Waals surface area contributed by atoms with Crippen molar-refractivity contribution in [3.05, 3.63) is 52.6 Å². The largest absolute Gasteiger partial charge is 0.326 e. The van der Waals surface area contributed by atoms with Gasteiger partial charge in [0.15, 0.2) is 10.8 Å². The average molecular weight is 335 g/mol. The van der Waals surface area contributed by atoms with E-state index in [1.54, 1.807) is 11.8 Å². The van der Waals surface area contributed by atoms with Crippen molar-refractivity contribution in [3.63, 3.8) is 0 Å². The molecule has 0 spiro atoms. The Morgan fingerprint density at radius 1 is 1.21 bits per heavy atom. The maximum absolute atomic E-state index is 5.78. The summed E-state index contributed by atoms with van der Waals surface area (Å²) in [5.74, 6) is 0. The molecule has 6 heteroatoms. The number of nitrogens with two attached hydrogens (primary N) is 1. The monoisotopic (exact) mass is 334 g/mol. The van der Waals surface area contributed by atoms with Crippen LogP contribution in [-0.2, 0) is 6.54 Å². The summed E-state index contributed by atoms with van der Waals surface area (Å²) in [6, 6.07) is 11.9. The van der Waals surface area contributed by atoms with Gasteiger partial charge in [0.1, 0.15) is 0 Å². The molecule has 2 N–H and O–H groups in total. The molecule has 96 valence electrons. The maximum atomic E-state index is 5.78. The van der Waals surface area contributed by atoms with Crippen molar-refractivity contribution in [1.82, 2.24) is 14.6 Å². The lowest BCUT2D eigenvalue weighted by Gasteiger charge is -2.06. The van der Waals surface area contributed by atoms with Gasteiger partial charge in [0.2, 0.25) is 0 Å². The second-order valence-electron chi connectivity index (χ2n) is 3.97. The first-order chi connectivity index (χ1) is 9.28. The Labute approximate surface area is 123 Å². The molecule has 0 saturated heterocycles. The lowest BCUT2D eigenvalue weighted by molar-refractivity contribution is 0.918. The molecule has 3 aromatic rings. The maximum Gasteiger partial charge on any atom is 0.200 e. The molecule has 0 unspecified atom stereocenters. The fourth-order valence-electron chi connectivity index (χ4n) is 1.79. The van der Waals surface area contributed by atoms with E-state index in [1.165, 1.54) is 0 Å². The molecule has 0 aliphatic heterocycles. The lowest BCUT2D eigenvalue weighted by atomic mass is 10.2. The third-order valence-corrected chi connectivity index (χ3v) is 4.30. The van der Waals surface area contributed by atoms with Crippen molar-refractivity contribution < 1.29 is 0 Å². The Morgan fingerprint density at radius 2 is 2.11 bits per heavy atom. The molecule has 3 rings (SSSR count). The minimum Gasteiger partial charge on any atom is -0.326 e. The summed E-state index contributed by atoms with van der Waals surface area (Å²) in [6.45, 7) is 0.499. The highest BCUT2D eigenvalue weighted by atomic mass is 79.9. The van der Waals surface area contributed by atoms with Crippen LogP contribution in [0.15, 0.2) is 57.1 Å². The van der Waals surface area contributed by atoms with Gasteiger partial charge in [0, 0.05) is 22.1 Å². The van der Waals surface area contributed by atoms with Gasteiger partial charge in [-0.05, 0) is 47.7 Å². The van der Waals surface area contributed by atoms with Gasteiger partial charge >= 0.3 is 0 Å². The molecule has 0 radical (unpaired) electrons. The Bertz CT molecular complexity index is 725. The summed E-state index contributed by atoms with van der Waals surface area (Å²) >= 11 is 5.03. The molecular weight excluding hydrogens is 324 g/mol. The van der Waals surface area contributed by atoms with Crippen LogP contribution in [0.25, 0.3) is 5.65 Å². The van der Waals surface area contributed by atoms with Crippen molar-refractivity contribution in [2.75, 3.05) is 0 Å². The van der Waals surface area contributed by atoms with Crippen LogP contribution in [0.1, 0.15) is 5.56 Å². The zero-order valence-electron chi connectivity index (χ0n) is 9.95. The van der Waals surface area contributed by atoms with Crippen LogP contribution in [0, 0.1) is 0 Å². The summed E-state index contributed by atoms with van der Waals surface area (Å²) in [5.41, 5.74) is 7.72. The van der Waals surface area contributed by atoms with Crippen molar-refractivity contribution in [2.45, 2.75) is 16.6 Å². The lowest BCUT2D eigenvalue weighted by Crippen LogP contribution is -1.98. The van der Waals surface area contributed by atoms with Gasteiger partial charge in [0.25, 0.3) is 0 Å². The number of hydrogen-bond donors (Lipinski definition) is 1. The van der Waals surface area contributed by atoms with Crippen LogP contribution in [0.2, 0.25) is 0 Å². The van der Waals surface area contributed by atoms with Gasteiger partial charge in [-0.2, -0.15) is 0 Å². The smallest absolute Gasteiger partial charge is 0.200 e. The minimum absolute atomic E-state index is 0.499. The van der Waals surface area contributed by atoms with E-state index in [9.17, 15) is 0 Å². The summed E-state index contributed by atoms with van der Waals surface area (Å²) in [5, 5.41) is 9.19. The zero-order valence-corrected chi connectivity index (χ0v) is 12.4. The summed E-state index contributed by atoms with van der Waals surface area (Å²) in [7, 11) is 0. The standard InChI is InChI=1S/C13H11BrN4S/c14-10-4-5-11(9(7-10)8-15)19-13-17-16-12-3-1-2-6-18(12)13/h1-7H,8,15H2. The molecule has 0 bridgehead atoms. The fraction of sp³-hybridized carbons (Fsp3) is 0.0769. The average Bonchev–Trinajstić information content (AvgIpc) is 2.84. The number of hydrogen-bond acceptors (Lipinski definition) is 4. The van der Waals surface area contributed by atoms with Gasteiger partial charge in [0.05, 0.1) is 0 Å². The number of fused-ring (bicyclic) bond motifs is 1. The van der Waals surface area contributed by atoms with E-state index in [0.717, 1.165) is 25.7 Å². The molecule has 4 nitrogen and oxygen atoms in total. The number of halogens is 1. The van der Waals surface area contributed by atoms with E-state index < -0.39 is 0 Å². The molecule has 0 aliphatic rings. The normalized spacial score (nSPS) is 11.1. The van der Waals surface area contributed by atoms with Crippen LogP contribution in [0.4, 0.5) is 0 Å². The predicted molar refractivity (Wildman–Crippen MR) is 79.1 cm³/mol.